The Morgan fingerprint density at radius 3 is 2.90 bits per heavy atom. The first kappa shape index (κ1) is 15.5. The third-order valence-corrected chi connectivity index (χ3v) is 5.27. The molecule has 0 saturated carbocycles. The van der Waals surface area contributed by atoms with Crippen molar-refractivity contribution in [1.82, 2.24) is 9.62 Å². The molecule has 1 saturated heterocycles. The van der Waals surface area contributed by atoms with Crippen LogP contribution in [0.25, 0.3) is 0 Å². The van der Waals surface area contributed by atoms with E-state index in [4.69, 9.17) is 9.15 Å². The Balaban J connectivity index is 2.22. The summed E-state index contributed by atoms with van der Waals surface area (Å²) in [5, 5.41) is 3.12. The van der Waals surface area contributed by atoms with E-state index in [0.717, 1.165) is 6.54 Å². The Morgan fingerprint density at radius 2 is 2.25 bits per heavy atom. The average Bonchev–Trinajstić information content (AvgIpc) is 2.78. The Morgan fingerprint density at radius 1 is 1.50 bits per heavy atom. The lowest BCUT2D eigenvalue weighted by molar-refractivity contribution is 0.0101. The molecule has 6 nitrogen and oxygen atoms in total. The summed E-state index contributed by atoms with van der Waals surface area (Å²) in [5.74, 6) is 1.08. The van der Waals surface area contributed by atoms with Crippen molar-refractivity contribution in [3.05, 3.63) is 17.6 Å². The predicted molar refractivity (Wildman–Crippen MR) is 75.0 cm³/mol. The fraction of sp³-hybridized carbons (Fsp3) is 0.692. The minimum absolute atomic E-state index is 0.0769. The number of nitrogens with zero attached hydrogens (tertiary/aromatic N) is 1. The highest BCUT2D eigenvalue weighted by Crippen LogP contribution is 2.25. The van der Waals surface area contributed by atoms with Crippen LogP contribution < -0.4 is 5.32 Å². The monoisotopic (exact) mass is 302 g/mol. The van der Waals surface area contributed by atoms with Crippen molar-refractivity contribution in [2.45, 2.75) is 38.3 Å². The maximum absolute atomic E-state index is 12.6. The quantitative estimate of drug-likeness (QED) is 0.882. The average molecular weight is 302 g/mol. The molecule has 114 valence electrons. The molecular weight excluding hydrogens is 280 g/mol. The van der Waals surface area contributed by atoms with Gasteiger partial charge in [0.2, 0.25) is 10.0 Å². The number of hydrogen-bond acceptors (Lipinski definition) is 5. The van der Waals surface area contributed by atoms with E-state index in [2.05, 4.69) is 5.32 Å². The summed E-state index contributed by atoms with van der Waals surface area (Å²) >= 11 is 0. The fourth-order valence-electron chi connectivity index (χ4n) is 2.26. The lowest BCUT2D eigenvalue weighted by Gasteiger charge is -2.30. The molecule has 2 rings (SSSR count). The van der Waals surface area contributed by atoms with Crippen LogP contribution in [-0.2, 0) is 21.3 Å². The lowest BCUT2D eigenvalue weighted by atomic mass is 10.3. The number of rotatable bonds is 5. The highest BCUT2D eigenvalue weighted by molar-refractivity contribution is 7.89. The second kappa shape index (κ2) is 6.26. The molecule has 0 bridgehead atoms. The highest BCUT2D eigenvalue weighted by Gasteiger charge is 2.32. The summed E-state index contributed by atoms with van der Waals surface area (Å²) in [7, 11) is -3.50. The molecule has 20 heavy (non-hydrogen) atoms. The summed E-state index contributed by atoms with van der Waals surface area (Å²) in [6.07, 6.45) is -0.0769. The molecule has 0 radical (unpaired) electrons. The smallest absolute Gasteiger partial charge is 0.246 e. The van der Waals surface area contributed by atoms with Crippen molar-refractivity contribution in [1.29, 1.82) is 0 Å². The van der Waals surface area contributed by atoms with Gasteiger partial charge in [-0.1, -0.05) is 6.92 Å². The van der Waals surface area contributed by atoms with Gasteiger partial charge in [0.15, 0.2) is 0 Å². The molecule has 0 spiro atoms. The summed E-state index contributed by atoms with van der Waals surface area (Å²) in [5.41, 5.74) is 0. The van der Waals surface area contributed by atoms with Crippen molar-refractivity contribution in [3.8, 4) is 0 Å². The van der Waals surface area contributed by atoms with Gasteiger partial charge in [0, 0.05) is 19.2 Å². The molecule has 1 aromatic rings. The van der Waals surface area contributed by atoms with Crippen molar-refractivity contribution in [2.75, 3.05) is 26.2 Å². The molecule has 0 aliphatic carbocycles. The Bertz CT molecular complexity index is 553. The number of nitrogens with one attached hydrogen (secondary N) is 1. The highest BCUT2D eigenvalue weighted by atomic mass is 32.2. The second-order valence-electron chi connectivity index (χ2n) is 4.96. The van der Waals surface area contributed by atoms with E-state index in [1.807, 2.05) is 13.8 Å². The zero-order valence-corrected chi connectivity index (χ0v) is 13.0. The summed E-state index contributed by atoms with van der Waals surface area (Å²) in [6, 6.07) is 1.62. The van der Waals surface area contributed by atoms with Crippen molar-refractivity contribution >= 4 is 10.0 Å². The first-order valence-corrected chi connectivity index (χ1v) is 8.31. The van der Waals surface area contributed by atoms with Gasteiger partial charge in [-0.3, -0.25) is 0 Å². The van der Waals surface area contributed by atoms with E-state index in [1.165, 1.54) is 4.31 Å². The SMILES string of the molecule is CCNCc1cc(S(=O)(=O)N2CCOC(C)C2)c(C)o1. The normalized spacial score (nSPS) is 21.2. The standard InChI is InChI=1S/C13H22N2O4S/c1-4-14-8-12-7-13(11(3)19-12)20(16,17)15-5-6-18-10(2)9-15/h7,10,14H,4-6,8-9H2,1-3H3. The van der Waals surface area contributed by atoms with Crippen LogP contribution in [0.2, 0.25) is 0 Å². The van der Waals surface area contributed by atoms with E-state index in [-0.39, 0.29) is 11.0 Å². The molecule has 0 aromatic carbocycles. The van der Waals surface area contributed by atoms with Gasteiger partial charge in [-0.25, -0.2) is 8.42 Å². The Labute approximate surface area is 120 Å². The molecule has 1 fully saturated rings. The Hall–Kier alpha value is -0.890. The minimum atomic E-state index is -3.50. The molecule has 1 aromatic heterocycles. The molecule has 2 heterocycles. The summed E-state index contributed by atoms with van der Waals surface area (Å²) in [6.45, 7) is 8.10. The zero-order chi connectivity index (χ0) is 14.8. The number of aryl methyl sites for hydroxylation is 1. The van der Waals surface area contributed by atoms with Crippen LogP contribution in [0, 0.1) is 6.92 Å². The van der Waals surface area contributed by atoms with Crippen LogP contribution >= 0.6 is 0 Å². The largest absolute Gasteiger partial charge is 0.464 e. The van der Waals surface area contributed by atoms with Crippen LogP contribution in [-0.4, -0.2) is 45.1 Å². The number of ether oxygens (including phenoxy) is 1. The van der Waals surface area contributed by atoms with Crippen LogP contribution in [0.3, 0.4) is 0 Å². The number of morpholine rings is 1. The molecule has 7 heteroatoms. The summed E-state index contributed by atoms with van der Waals surface area (Å²) < 4.78 is 37.6. The van der Waals surface area contributed by atoms with Crippen LogP contribution in [0.15, 0.2) is 15.4 Å². The van der Waals surface area contributed by atoms with Crippen molar-refractivity contribution in [2.24, 2.45) is 0 Å². The van der Waals surface area contributed by atoms with E-state index < -0.39 is 10.0 Å². The molecule has 1 N–H and O–H groups in total. The first-order valence-electron chi connectivity index (χ1n) is 6.87. The maximum Gasteiger partial charge on any atom is 0.246 e. The molecule has 1 aliphatic heterocycles. The van der Waals surface area contributed by atoms with Crippen LogP contribution in [0.4, 0.5) is 0 Å². The predicted octanol–water partition coefficient (Wildman–Crippen LogP) is 1.11. The van der Waals surface area contributed by atoms with Gasteiger partial charge < -0.3 is 14.5 Å². The first-order chi connectivity index (χ1) is 9.45. The molecule has 0 amide bonds. The van der Waals surface area contributed by atoms with Gasteiger partial charge in [-0.15, -0.1) is 0 Å². The molecule has 1 atom stereocenters. The van der Waals surface area contributed by atoms with E-state index >= 15 is 0 Å². The maximum atomic E-state index is 12.6. The van der Waals surface area contributed by atoms with Gasteiger partial charge in [-0.2, -0.15) is 4.31 Å². The number of furan rings is 1. The van der Waals surface area contributed by atoms with Crippen molar-refractivity contribution in [3.63, 3.8) is 0 Å². The number of hydrogen-bond donors (Lipinski definition) is 1. The lowest BCUT2D eigenvalue weighted by Crippen LogP contribution is -2.44. The van der Waals surface area contributed by atoms with E-state index in [9.17, 15) is 8.42 Å². The summed E-state index contributed by atoms with van der Waals surface area (Å²) in [4.78, 5) is 0.263. The van der Waals surface area contributed by atoms with E-state index in [1.54, 1.807) is 13.0 Å². The van der Waals surface area contributed by atoms with Gasteiger partial charge in [0.05, 0.1) is 19.3 Å². The van der Waals surface area contributed by atoms with Crippen LogP contribution in [0.5, 0.6) is 0 Å². The fourth-order valence-corrected chi connectivity index (χ4v) is 3.94. The van der Waals surface area contributed by atoms with E-state index in [0.29, 0.717) is 37.8 Å². The topological polar surface area (TPSA) is 71.8 Å². The minimum Gasteiger partial charge on any atom is -0.464 e. The Kier molecular flexibility index (Phi) is 4.85. The molecule has 1 aliphatic rings. The third kappa shape index (κ3) is 3.22. The van der Waals surface area contributed by atoms with Gasteiger partial charge in [0.1, 0.15) is 16.4 Å². The zero-order valence-electron chi connectivity index (χ0n) is 12.2. The van der Waals surface area contributed by atoms with Crippen molar-refractivity contribution < 1.29 is 17.6 Å². The van der Waals surface area contributed by atoms with Gasteiger partial charge in [-0.05, 0) is 20.4 Å². The van der Waals surface area contributed by atoms with Gasteiger partial charge >= 0.3 is 0 Å². The molecule has 1 unspecified atom stereocenters. The number of sulfonamides is 1. The van der Waals surface area contributed by atoms with Gasteiger partial charge in [0.25, 0.3) is 0 Å². The molecular formula is C13H22N2O4S. The third-order valence-electron chi connectivity index (χ3n) is 3.29. The second-order valence-corrected chi connectivity index (χ2v) is 6.86. The van der Waals surface area contributed by atoms with Crippen LogP contribution in [0.1, 0.15) is 25.4 Å².